The maximum absolute atomic E-state index is 12.9. The maximum Gasteiger partial charge on any atom is 0.226 e. The third-order valence-electron chi connectivity index (χ3n) is 7.40. The van der Waals surface area contributed by atoms with Gasteiger partial charge in [0, 0.05) is 56.9 Å². The van der Waals surface area contributed by atoms with Gasteiger partial charge in [-0.25, -0.2) is 0 Å². The Morgan fingerprint density at radius 1 is 1.06 bits per heavy atom. The van der Waals surface area contributed by atoms with Crippen LogP contribution in [0.4, 0.5) is 0 Å². The van der Waals surface area contributed by atoms with Crippen molar-refractivity contribution < 1.29 is 19.0 Å². The molecule has 2 heterocycles. The van der Waals surface area contributed by atoms with Crippen molar-refractivity contribution in [1.82, 2.24) is 14.7 Å². The van der Waals surface area contributed by atoms with Gasteiger partial charge >= 0.3 is 0 Å². The van der Waals surface area contributed by atoms with E-state index in [9.17, 15) is 4.79 Å². The van der Waals surface area contributed by atoms with Crippen LogP contribution in [0.15, 0.2) is 36.4 Å². The van der Waals surface area contributed by atoms with Crippen LogP contribution in [0.3, 0.4) is 0 Å². The fraction of sp³-hybridized carbons (Fsp3) is 0.552. The third kappa shape index (κ3) is 6.13. The summed E-state index contributed by atoms with van der Waals surface area (Å²) in [6.07, 6.45) is 2.06. The molecule has 1 amide bonds. The smallest absolute Gasteiger partial charge is 0.226 e. The van der Waals surface area contributed by atoms with E-state index < -0.39 is 0 Å². The summed E-state index contributed by atoms with van der Waals surface area (Å²) < 4.78 is 17.2. The first-order valence-electron chi connectivity index (χ1n) is 13.2. The fourth-order valence-electron chi connectivity index (χ4n) is 5.51. The van der Waals surface area contributed by atoms with Crippen molar-refractivity contribution in [2.75, 3.05) is 53.6 Å². The lowest BCUT2D eigenvalue weighted by Gasteiger charge is -2.34. The van der Waals surface area contributed by atoms with Crippen molar-refractivity contribution in [3.8, 4) is 17.2 Å². The number of hydrogen-bond acceptors (Lipinski definition) is 6. The van der Waals surface area contributed by atoms with E-state index in [0.717, 1.165) is 88.0 Å². The molecule has 2 aliphatic rings. The average Bonchev–Trinajstić information content (AvgIpc) is 3.10. The predicted molar refractivity (Wildman–Crippen MR) is 142 cm³/mol. The fourth-order valence-corrected chi connectivity index (χ4v) is 5.51. The summed E-state index contributed by atoms with van der Waals surface area (Å²) in [6, 6.07) is 12.6. The number of nitrogens with zero attached hydrogens (tertiary/aromatic N) is 3. The topological polar surface area (TPSA) is 54.5 Å². The van der Waals surface area contributed by atoms with E-state index in [1.807, 2.05) is 17.0 Å². The van der Waals surface area contributed by atoms with Crippen LogP contribution in [-0.4, -0.2) is 74.2 Å². The molecular formula is C29H41N3O4. The molecule has 0 spiro atoms. The zero-order chi connectivity index (χ0) is 25.5. The highest BCUT2D eigenvalue weighted by molar-refractivity contribution is 5.79. The Balaban J connectivity index is 1.44. The minimum atomic E-state index is 0.108. The molecule has 2 aliphatic heterocycles. The second kappa shape index (κ2) is 12.5. The highest BCUT2D eigenvalue weighted by Crippen LogP contribution is 2.33. The number of rotatable bonds is 9. The van der Waals surface area contributed by atoms with Gasteiger partial charge in [-0.05, 0) is 57.0 Å². The van der Waals surface area contributed by atoms with Gasteiger partial charge in [0.1, 0.15) is 12.4 Å². The van der Waals surface area contributed by atoms with Crippen LogP contribution in [-0.2, 0) is 24.4 Å². The number of likely N-dealkylation sites (tertiary alicyclic amines) is 1. The monoisotopic (exact) mass is 495 g/mol. The van der Waals surface area contributed by atoms with E-state index in [4.69, 9.17) is 14.2 Å². The number of carbonyl (C=O) groups is 1. The number of methoxy groups -OCH3 is 2. The molecule has 2 aromatic carbocycles. The largest absolute Gasteiger partial charge is 0.493 e. The van der Waals surface area contributed by atoms with Gasteiger partial charge in [0.05, 0.1) is 20.1 Å². The Bertz CT molecular complexity index is 1020. The van der Waals surface area contributed by atoms with Crippen LogP contribution in [0.2, 0.25) is 0 Å². The van der Waals surface area contributed by atoms with Gasteiger partial charge in [-0.15, -0.1) is 0 Å². The van der Waals surface area contributed by atoms with Crippen molar-refractivity contribution >= 4 is 5.91 Å². The number of piperidine rings is 1. The highest BCUT2D eigenvalue weighted by Gasteiger charge is 2.28. The molecule has 0 N–H and O–H groups in total. The van der Waals surface area contributed by atoms with Gasteiger partial charge in [-0.1, -0.05) is 18.2 Å². The Hall–Kier alpha value is -2.77. The molecule has 2 aromatic rings. The molecule has 0 saturated carbocycles. The summed E-state index contributed by atoms with van der Waals surface area (Å²) >= 11 is 0. The second-order valence-corrected chi connectivity index (χ2v) is 9.74. The lowest BCUT2D eigenvalue weighted by Crippen LogP contribution is -2.44. The summed E-state index contributed by atoms with van der Waals surface area (Å²) in [4.78, 5) is 19.7. The minimum Gasteiger partial charge on any atom is -0.493 e. The first kappa shape index (κ1) is 26.3. The Kier molecular flexibility index (Phi) is 9.10. The zero-order valence-electron chi connectivity index (χ0n) is 22.3. The maximum atomic E-state index is 12.9. The third-order valence-corrected chi connectivity index (χ3v) is 7.40. The molecule has 0 radical (unpaired) electrons. The second-order valence-electron chi connectivity index (χ2n) is 9.74. The van der Waals surface area contributed by atoms with Gasteiger partial charge in [0.2, 0.25) is 5.91 Å². The van der Waals surface area contributed by atoms with Crippen LogP contribution in [0.25, 0.3) is 0 Å². The summed E-state index contributed by atoms with van der Waals surface area (Å²) in [7, 11) is 3.36. The molecular weight excluding hydrogens is 454 g/mol. The van der Waals surface area contributed by atoms with Crippen LogP contribution >= 0.6 is 0 Å². The van der Waals surface area contributed by atoms with Crippen molar-refractivity contribution in [3.05, 3.63) is 53.1 Å². The first-order valence-corrected chi connectivity index (χ1v) is 13.2. The van der Waals surface area contributed by atoms with E-state index in [0.29, 0.717) is 12.5 Å². The van der Waals surface area contributed by atoms with Crippen LogP contribution in [0, 0.1) is 5.92 Å². The molecule has 1 saturated heterocycles. The number of benzene rings is 2. The molecule has 0 bridgehead atoms. The molecule has 0 aliphatic carbocycles. The Labute approximate surface area is 215 Å². The van der Waals surface area contributed by atoms with E-state index in [-0.39, 0.29) is 5.92 Å². The van der Waals surface area contributed by atoms with E-state index in [1.165, 1.54) is 11.1 Å². The standard InChI is InChI=1S/C29H41N3O4/c1-5-32(6-2)29(33)24-10-8-14-30(20-24)18-22-12-13-26-25(17-22)21-31(15-16-36-26)19-23-9-7-11-27(34-3)28(23)35-4/h7,9,11-13,17,24H,5-6,8,10,14-16,18-21H2,1-4H3/t24-/m1/s1. The number of para-hydroxylation sites is 1. The molecule has 1 atom stereocenters. The number of hydrogen-bond donors (Lipinski definition) is 0. The van der Waals surface area contributed by atoms with Crippen molar-refractivity contribution in [2.24, 2.45) is 5.92 Å². The van der Waals surface area contributed by atoms with Crippen molar-refractivity contribution in [3.63, 3.8) is 0 Å². The molecule has 7 heteroatoms. The molecule has 36 heavy (non-hydrogen) atoms. The molecule has 4 rings (SSSR count). The van der Waals surface area contributed by atoms with Crippen LogP contribution < -0.4 is 14.2 Å². The van der Waals surface area contributed by atoms with E-state index >= 15 is 0 Å². The molecule has 0 aromatic heterocycles. The minimum absolute atomic E-state index is 0.108. The van der Waals surface area contributed by atoms with Crippen LogP contribution in [0.5, 0.6) is 17.2 Å². The summed E-state index contributed by atoms with van der Waals surface area (Å²) in [6.45, 7) is 11.5. The van der Waals surface area contributed by atoms with E-state index in [2.05, 4.69) is 47.9 Å². The molecule has 196 valence electrons. The lowest BCUT2D eigenvalue weighted by atomic mass is 9.95. The predicted octanol–water partition coefficient (Wildman–Crippen LogP) is 4.18. The normalized spacial score (nSPS) is 18.6. The number of amides is 1. The van der Waals surface area contributed by atoms with Crippen molar-refractivity contribution in [1.29, 1.82) is 0 Å². The number of fused-ring (bicyclic) bond motifs is 1. The Morgan fingerprint density at radius 3 is 2.64 bits per heavy atom. The highest BCUT2D eigenvalue weighted by atomic mass is 16.5. The Morgan fingerprint density at radius 2 is 1.89 bits per heavy atom. The van der Waals surface area contributed by atoms with Gasteiger partial charge < -0.3 is 19.1 Å². The SMILES string of the molecule is CCN(CC)C(=O)[C@@H]1CCCN(Cc2ccc3c(c2)CN(Cc2cccc(OC)c2OC)CCO3)C1. The summed E-state index contributed by atoms with van der Waals surface area (Å²) in [5.74, 6) is 2.92. The van der Waals surface area contributed by atoms with Gasteiger partial charge in [0.15, 0.2) is 11.5 Å². The van der Waals surface area contributed by atoms with Gasteiger partial charge in [-0.3, -0.25) is 14.6 Å². The lowest BCUT2D eigenvalue weighted by molar-refractivity contribution is -0.137. The molecule has 0 unspecified atom stereocenters. The van der Waals surface area contributed by atoms with Gasteiger partial charge in [-0.2, -0.15) is 0 Å². The summed E-state index contributed by atoms with van der Waals surface area (Å²) in [5, 5.41) is 0. The molecule has 1 fully saturated rings. The van der Waals surface area contributed by atoms with E-state index in [1.54, 1.807) is 14.2 Å². The number of carbonyl (C=O) groups excluding carboxylic acids is 1. The quantitative estimate of drug-likeness (QED) is 0.520. The number of ether oxygens (including phenoxy) is 3. The van der Waals surface area contributed by atoms with Crippen LogP contribution in [0.1, 0.15) is 43.4 Å². The zero-order valence-corrected chi connectivity index (χ0v) is 22.3. The molecule has 7 nitrogen and oxygen atoms in total. The van der Waals surface area contributed by atoms with Gasteiger partial charge in [0.25, 0.3) is 0 Å². The average molecular weight is 496 g/mol. The summed E-state index contributed by atoms with van der Waals surface area (Å²) in [5.41, 5.74) is 3.59. The van der Waals surface area contributed by atoms with Crippen molar-refractivity contribution in [2.45, 2.75) is 46.3 Å². The first-order chi connectivity index (χ1) is 17.6.